The number of rotatable bonds is 15. The van der Waals surface area contributed by atoms with Crippen LogP contribution in [-0.4, -0.2) is 108 Å². The highest BCUT2D eigenvalue weighted by molar-refractivity contribution is 7.94. The molecule has 3 N–H and O–H groups in total. The molecule has 1 fully saturated rings. The summed E-state index contributed by atoms with van der Waals surface area (Å²) in [5.41, 5.74) is -1.80. The zero-order chi connectivity index (χ0) is 54.2. The topological polar surface area (TPSA) is 284 Å². The standard InChI is InChI=1S/C25H25F3N2O6.C14H13ClO5S.C3H8NO5P.C3H9S/c1-5-16-6-7-17(20(12-16)36-15(2)23(32)34-4)14-35-19-10-8-18(9-11-19)30-22(31)13-21(25(26,27)28)29(3)24(30)33;1-21(19,20)8-5-6-9(10(15)7-8)14(18)13-11(16)3-2-4-12(13)17;5-3(6)1-4-2-10(7,8)9;1-4(2)3/h6-13,15H,5,14H2,1-4H3;5-7,13H,2-4H2,1H3;4H,1-2H2,(H,5,6)(H2,7,8,9);1-3H3/q;;;+1/p-1. The molecule has 1 aromatic heterocycles. The number of ether oxygens (including phenoxy) is 3. The Bertz CT molecular complexity index is 2810. The summed E-state index contributed by atoms with van der Waals surface area (Å²) in [6.07, 6.45) is 2.84. The largest absolute Gasteiger partial charge is 0.778 e. The van der Waals surface area contributed by atoms with Crippen LogP contribution in [0.5, 0.6) is 11.5 Å². The van der Waals surface area contributed by atoms with Gasteiger partial charge in [0.05, 0.1) is 54.3 Å². The predicted molar refractivity (Wildman–Crippen MR) is 256 cm³/mol. The fourth-order valence-electron chi connectivity index (χ4n) is 6.02. The van der Waals surface area contributed by atoms with Crippen LogP contribution in [0.1, 0.15) is 60.3 Å². The van der Waals surface area contributed by atoms with E-state index in [1.807, 2.05) is 30.4 Å². The Morgan fingerprint density at radius 1 is 0.986 bits per heavy atom. The van der Waals surface area contributed by atoms with Gasteiger partial charge < -0.3 is 33.7 Å². The highest BCUT2D eigenvalue weighted by Gasteiger charge is 2.38. The summed E-state index contributed by atoms with van der Waals surface area (Å²) in [6.45, 7) is 3.15. The summed E-state index contributed by atoms with van der Waals surface area (Å²) in [7, 11) is -4.93. The number of nitrogens with zero attached hydrogens (tertiary/aromatic N) is 2. The smallest absolute Gasteiger partial charge is 0.431 e. The predicted octanol–water partition coefficient (Wildman–Crippen LogP) is 4.16. The molecule has 5 rings (SSSR count). The molecule has 1 aliphatic rings. The molecule has 19 nitrogen and oxygen atoms in total. The van der Waals surface area contributed by atoms with E-state index in [4.69, 9.17) is 35.8 Å². The van der Waals surface area contributed by atoms with Crippen LogP contribution in [0.25, 0.3) is 5.69 Å². The number of aromatic nitrogens is 2. The van der Waals surface area contributed by atoms with Gasteiger partial charge in [0, 0.05) is 43.3 Å². The van der Waals surface area contributed by atoms with Crippen LogP contribution in [0.15, 0.2) is 81.2 Å². The summed E-state index contributed by atoms with van der Waals surface area (Å²) < 4.78 is 89.3. The number of benzene rings is 3. The number of aryl methyl sites for hydroxylation is 1. The lowest BCUT2D eigenvalue weighted by Crippen LogP contribution is -2.40. The van der Waals surface area contributed by atoms with Gasteiger partial charge in [-0.05, 0) is 84.8 Å². The number of Topliss-reactive ketones (excluding diaryl/α,β-unsaturated/α-hetero) is 3. The van der Waals surface area contributed by atoms with Gasteiger partial charge >= 0.3 is 23.8 Å². The number of carboxylic acid groups (broad SMARTS) is 1. The minimum Gasteiger partial charge on any atom is -0.778 e. The Morgan fingerprint density at radius 3 is 2.04 bits per heavy atom. The van der Waals surface area contributed by atoms with Gasteiger partial charge in [-0.3, -0.25) is 33.9 Å². The Morgan fingerprint density at radius 2 is 1.56 bits per heavy atom. The number of halogens is 4. The molecule has 26 heteroatoms. The Balaban J connectivity index is 0.000000412. The number of alkyl halides is 3. The number of ketones is 3. The number of carboxylic acids is 1. The van der Waals surface area contributed by atoms with Crippen molar-refractivity contribution in [2.24, 2.45) is 13.0 Å². The van der Waals surface area contributed by atoms with Crippen molar-refractivity contribution in [1.29, 1.82) is 0 Å². The van der Waals surface area contributed by atoms with Gasteiger partial charge in [0.2, 0.25) is 0 Å². The Kier molecular flexibility index (Phi) is 23.6. The second kappa shape index (κ2) is 27.3. The molecule has 0 spiro atoms. The number of carbonyl (C=O) groups excluding carboxylic acids is 4. The van der Waals surface area contributed by atoms with E-state index in [1.54, 1.807) is 6.92 Å². The number of hydrogen-bond donors (Lipinski definition) is 3. The average Bonchev–Trinajstić information content (AvgIpc) is 3.26. The first kappa shape index (κ1) is 61.5. The van der Waals surface area contributed by atoms with Gasteiger partial charge in [-0.15, -0.1) is 0 Å². The van der Waals surface area contributed by atoms with Crippen LogP contribution in [-0.2, 0) is 75.5 Å². The van der Waals surface area contributed by atoms with Crippen LogP contribution >= 0.6 is 19.2 Å². The monoisotopic (exact) mass is 1080 g/mol. The summed E-state index contributed by atoms with van der Waals surface area (Å²) in [4.78, 5) is 100. The number of sulfone groups is 1. The molecule has 3 aromatic carbocycles. The number of carbonyl (C=O) groups is 5. The summed E-state index contributed by atoms with van der Waals surface area (Å²) in [6, 6.07) is 15.3. The van der Waals surface area contributed by atoms with Crippen molar-refractivity contribution in [3.05, 3.63) is 115 Å². The van der Waals surface area contributed by atoms with Crippen molar-refractivity contribution >= 4 is 69.2 Å². The molecule has 390 valence electrons. The lowest BCUT2D eigenvalue weighted by molar-refractivity contribution is -0.193. The van der Waals surface area contributed by atoms with E-state index in [-0.39, 0.29) is 40.6 Å². The molecule has 0 amide bonds. The molecule has 4 aromatic rings. The number of nitrogens with one attached hydrogen (secondary N) is 1. The van der Waals surface area contributed by atoms with Crippen molar-refractivity contribution in [3.8, 4) is 17.2 Å². The van der Waals surface area contributed by atoms with Crippen molar-refractivity contribution < 1.29 is 79.2 Å². The first-order valence-electron chi connectivity index (χ1n) is 20.9. The fourth-order valence-corrected chi connectivity index (χ4v) is 7.40. The summed E-state index contributed by atoms with van der Waals surface area (Å²) in [5, 5.41) is 9.90. The van der Waals surface area contributed by atoms with Crippen molar-refractivity contribution in [2.75, 3.05) is 45.0 Å². The van der Waals surface area contributed by atoms with Crippen molar-refractivity contribution in [1.82, 2.24) is 14.5 Å². The summed E-state index contributed by atoms with van der Waals surface area (Å²) in [5.74, 6) is -3.63. The lowest BCUT2D eigenvalue weighted by Gasteiger charge is -2.18. The van der Waals surface area contributed by atoms with Crippen LogP contribution in [0, 0.1) is 5.92 Å². The third-order valence-electron chi connectivity index (χ3n) is 9.45. The van der Waals surface area contributed by atoms with Gasteiger partial charge in [0.25, 0.3) is 5.56 Å². The normalized spacial score (nSPS) is 14.0. The zero-order valence-electron chi connectivity index (χ0n) is 39.7. The van der Waals surface area contributed by atoms with E-state index in [2.05, 4.69) is 18.8 Å². The molecule has 0 bridgehead atoms. The van der Waals surface area contributed by atoms with Crippen molar-refractivity contribution in [3.63, 3.8) is 0 Å². The second-order valence-corrected chi connectivity index (χ2v) is 22.2. The van der Waals surface area contributed by atoms with Gasteiger partial charge in [-0.25, -0.2) is 22.6 Å². The SMILES string of the molecule is CCc1ccc(COc2ccc(-n3c(=O)cc(C(F)(F)F)n(C)c3=O)cc2)c(OC(C)C(=O)OC)c1.CS(=O)(=O)c1ccc(C(=O)C2C(=O)CCCC2=O)c(Cl)c1.C[S+](C)C.O=C(O)CNCP(=O)([O-])O. The van der Waals surface area contributed by atoms with Gasteiger partial charge in [0.15, 0.2) is 33.3 Å². The highest BCUT2D eigenvalue weighted by atomic mass is 35.5. The Hall–Kier alpha value is -5.62. The maximum Gasteiger partial charge on any atom is 0.431 e. The molecule has 0 radical (unpaired) electrons. The van der Waals surface area contributed by atoms with Crippen LogP contribution in [0.2, 0.25) is 5.02 Å². The van der Waals surface area contributed by atoms with E-state index in [9.17, 15) is 64.6 Å². The first-order valence-corrected chi connectivity index (χ1v) is 27.3. The molecule has 1 saturated carbocycles. The number of aliphatic carboxylic acids is 1. The third-order valence-corrected chi connectivity index (χ3v) is 11.5. The van der Waals surface area contributed by atoms with Crippen molar-refractivity contribution in [2.45, 2.75) is 63.3 Å². The minimum absolute atomic E-state index is 0.00216. The number of hydrogen-bond acceptors (Lipinski definition) is 15. The van der Waals surface area contributed by atoms with E-state index >= 15 is 0 Å². The van der Waals surface area contributed by atoms with E-state index in [1.165, 1.54) is 43.5 Å². The van der Waals surface area contributed by atoms with Gasteiger partial charge in [-0.1, -0.05) is 30.7 Å². The highest BCUT2D eigenvalue weighted by Crippen LogP contribution is 2.30. The first-order chi connectivity index (χ1) is 32.8. The average molecular weight is 1080 g/mol. The fraction of sp³-hybridized carbons (Fsp3) is 0.400. The molecular formula is C45H54ClF3N3O16PS2. The molecule has 71 heavy (non-hydrogen) atoms. The number of esters is 1. The van der Waals surface area contributed by atoms with Crippen LogP contribution in [0.3, 0.4) is 0 Å². The number of methoxy groups -OCH3 is 1. The van der Waals surface area contributed by atoms with Crippen LogP contribution < -0.4 is 30.9 Å². The molecule has 1 aliphatic carbocycles. The van der Waals surface area contributed by atoms with E-state index in [0.717, 1.165) is 31.4 Å². The molecule has 2 unspecified atom stereocenters. The van der Waals surface area contributed by atoms with Gasteiger partial charge in [0.1, 0.15) is 37.3 Å². The lowest BCUT2D eigenvalue weighted by atomic mass is 9.82. The molecular weight excluding hydrogens is 1030 g/mol. The maximum absolute atomic E-state index is 13.1. The quantitative estimate of drug-likeness (QED) is 0.0495. The Labute approximate surface area is 414 Å². The molecule has 2 atom stereocenters. The maximum atomic E-state index is 13.1. The second-order valence-electron chi connectivity index (χ2n) is 15.7. The molecule has 0 aliphatic heterocycles. The molecule has 1 heterocycles. The summed E-state index contributed by atoms with van der Waals surface area (Å²) >= 11 is 5.94. The van der Waals surface area contributed by atoms with E-state index < -0.39 is 94.7 Å². The minimum atomic E-state index is -4.84. The van der Waals surface area contributed by atoms with E-state index in [0.29, 0.717) is 49.6 Å². The van der Waals surface area contributed by atoms with Crippen LogP contribution in [0.4, 0.5) is 13.2 Å². The zero-order valence-corrected chi connectivity index (χ0v) is 43.0. The third kappa shape index (κ3) is 19.8. The van der Waals surface area contributed by atoms with Gasteiger partial charge in [-0.2, -0.15) is 13.2 Å². The molecule has 0 saturated heterocycles.